The Hall–Kier alpha value is -1.55. The fourth-order valence-corrected chi connectivity index (χ4v) is 2.81. The van der Waals surface area contributed by atoms with E-state index in [2.05, 4.69) is 22.8 Å². The summed E-state index contributed by atoms with van der Waals surface area (Å²) in [6.07, 6.45) is 0.667. The topological polar surface area (TPSA) is 41.1 Å². The highest BCUT2D eigenvalue weighted by Crippen LogP contribution is 2.29. The highest BCUT2D eigenvalue weighted by molar-refractivity contribution is 6.44. The number of nitrogens with one attached hydrogen (secondary N) is 2. The van der Waals surface area contributed by atoms with Crippen molar-refractivity contribution in [1.82, 2.24) is 5.32 Å². The largest absolute Gasteiger partial charge is 0.323 e. The van der Waals surface area contributed by atoms with E-state index in [0.717, 1.165) is 0 Å². The van der Waals surface area contributed by atoms with Crippen LogP contribution >= 0.6 is 23.2 Å². The van der Waals surface area contributed by atoms with Gasteiger partial charge in [-0.2, -0.15) is 0 Å². The second-order valence-corrected chi connectivity index (χ2v) is 5.78. The van der Waals surface area contributed by atoms with Crippen LogP contribution in [0.5, 0.6) is 0 Å². The second-order valence-electron chi connectivity index (χ2n) is 5.00. The van der Waals surface area contributed by atoms with E-state index in [0.29, 0.717) is 28.7 Å². The minimum atomic E-state index is -0.269. The molecule has 0 radical (unpaired) electrons. The van der Waals surface area contributed by atoms with Crippen LogP contribution in [0, 0.1) is 0 Å². The van der Waals surface area contributed by atoms with Gasteiger partial charge in [0, 0.05) is 6.54 Å². The molecule has 2 aromatic carbocycles. The van der Waals surface area contributed by atoms with Crippen LogP contribution in [0.15, 0.2) is 42.5 Å². The molecule has 1 atom stereocenters. The van der Waals surface area contributed by atoms with E-state index in [-0.39, 0.29) is 11.9 Å². The van der Waals surface area contributed by atoms with Crippen LogP contribution < -0.4 is 10.6 Å². The summed E-state index contributed by atoms with van der Waals surface area (Å²) in [5, 5.41) is 6.87. The molecule has 1 aliphatic heterocycles. The van der Waals surface area contributed by atoms with Crippen molar-refractivity contribution in [2.45, 2.75) is 19.0 Å². The van der Waals surface area contributed by atoms with E-state index in [4.69, 9.17) is 23.2 Å². The van der Waals surface area contributed by atoms with Crippen LogP contribution in [0.3, 0.4) is 0 Å². The minimum Gasteiger partial charge on any atom is -0.323 e. The van der Waals surface area contributed by atoms with Crippen molar-refractivity contribution >= 4 is 34.8 Å². The Morgan fingerprint density at radius 1 is 1.10 bits per heavy atom. The first-order chi connectivity index (χ1) is 10.1. The van der Waals surface area contributed by atoms with Crippen LogP contribution in [-0.4, -0.2) is 11.9 Å². The summed E-state index contributed by atoms with van der Waals surface area (Å²) < 4.78 is 0. The highest BCUT2D eigenvalue weighted by atomic mass is 35.5. The van der Waals surface area contributed by atoms with Gasteiger partial charge in [0.15, 0.2) is 0 Å². The first kappa shape index (κ1) is 14.4. The van der Waals surface area contributed by atoms with Gasteiger partial charge in [-0.25, -0.2) is 0 Å². The molecule has 3 nitrogen and oxygen atoms in total. The minimum absolute atomic E-state index is 0.103. The van der Waals surface area contributed by atoms with Crippen molar-refractivity contribution in [3.8, 4) is 0 Å². The number of halogens is 2. The first-order valence-electron chi connectivity index (χ1n) is 6.70. The number of hydrogen-bond donors (Lipinski definition) is 2. The van der Waals surface area contributed by atoms with Crippen molar-refractivity contribution in [3.05, 3.63) is 63.6 Å². The van der Waals surface area contributed by atoms with E-state index < -0.39 is 0 Å². The third-order valence-electron chi connectivity index (χ3n) is 3.61. The quantitative estimate of drug-likeness (QED) is 0.886. The molecule has 0 fully saturated rings. The summed E-state index contributed by atoms with van der Waals surface area (Å²) in [6.45, 7) is 0.692. The molecule has 1 amide bonds. The maximum absolute atomic E-state index is 12.4. The van der Waals surface area contributed by atoms with Gasteiger partial charge in [0.05, 0.1) is 21.8 Å². The van der Waals surface area contributed by atoms with E-state index in [1.165, 1.54) is 11.1 Å². The van der Waals surface area contributed by atoms with E-state index >= 15 is 0 Å². The van der Waals surface area contributed by atoms with Gasteiger partial charge in [0.25, 0.3) is 0 Å². The molecule has 2 N–H and O–H groups in total. The zero-order valence-corrected chi connectivity index (χ0v) is 12.7. The van der Waals surface area contributed by atoms with Crippen molar-refractivity contribution in [2.24, 2.45) is 0 Å². The Kier molecular flexibility index (Phi) is 4.15. The molecule has 0 aliphatic carbocycles. The smallest absolute Gasteiger partial charge is 0.241 e. The predicted octanol–water partition coefficient (Wildman–Crippen LogP) is 3.65. The monoisotopic (exact) mass is 320 g/mol. The molecule has 1 aliphatic rings. The predicted molar refractivity (Wildman–Crippen MR) is 85.9 cm³/mol. The van der Waals surface area contributed by atoms with Crippen molar-refractivity contribution in [3.63, 3.8) is 0 Å². The number of rotatable bonds is 2. The molecule has 0 unspecified atom stereocenters. The number of carbonyl (C=O) groups excluding carboxylic acids is 1. The molecule has 1 heterocycles. The standard InChI is InChI=1S/C16H14Cl2N2O/c17-12-6-3-7-13(15(12)18)20-16(21)14-8-10-4-1-2-5-11(10)9-19-14/h1-7,14,19H,8-9H2,(H,20,21)/t14-/m0/s1. The van der Waals surface area contributed by atoms with E-state index in [1.807, 2.05) is 12.1 Å². The molecule has 3 rings (SSSR count). The lowest BCUT2D eigenvalue weighted by Gasteiger charge is -2.25. The normalized spacial score (nSPS) is 17.1. The van der Waals surface area contributed by atoms with E-state index in [1.54, 1.807) is 18.2 Å². The molecule has 5 heteroatoms. The molecule has 0 saturated carbocycles. The third-order valence-corrected chi connectivity index (χ3v) is 4.43. The van der Waals surface area contributed by atoms with Gasteiger partial charge in [-0.1, -0.05) is 53.5 Å². The van der Waals surface area contributed by atoms with Gasteiger partial charge >= 0.3 is 0 Å². The zero-order valence-electron chi connectivity index (χ0n) is 11.2. The van der Waals surface area contributed by atoms with Gasteiger partial charge in [-0.05, 0) is 29.7 Å². The van der Waals surface area contributed by atoms with Crippen LogP contribution in [0.1, 0.15) is 11.1 Å². The van der Waals surface area contributed by atoms with Crippen molar-refractivity contribution in [1.29, 1.82) is 0 Å². The Morgan fingerprint density at radius 3 is 2.67 bits per heavy atom. The number of carbonyl (C=O) groups is 1. The van der Waals surface area contributed by atoms with Crippen molar-refractivity contribution < 1.29 is 4.79 Å². The summed E-state index contributed by atoms with van der Waals surface area (Å²) in [7, 11) is 0. The molecule has 108 valence electrons. The average molecular weight is 321 g/mol. The summed E-state index contributed by atoms with van der Waals surface area (Å²) in [6, 6.07) is 13.0. The lowest BCUT2D eigenvalue weighted by Crippen LogP contribution is -2.44. The van der Waals surface area contributed by atoms with Crippen LogP contribution in [0.2, 0.25) is 10.0 Å². The van der Waals surface area contributed by atoms with Crippen LogP contribution in [-0.2, 0) is 17.8 Å². The maximum atomic E-state index is 12.4. The molecule has 0 spiro atoms. The zero-order chi connectivity index (χ0) is 14.8. The summed E-state index contributed by atoms with van der Waals surface area (Å²) in [5.74, 6) is -0.103. The van der Waals surface area contributed by atoms with Gasteiger partial charge in [-0.15, -0.1) is 0 Å². The Balaban J connectivity index is 1.74. The molecular formula is C16H14Cl2N2O. The number of amides is 1. The second kappa shape index (κ2) is 6.06. The molecule has 0 bridgehead atoms. The summed E-state index contributed by atoms with van der Waals surface area (Å²) in [4.78, 5) is 12.4. The number of fused-ring (bicyclic) bond motifs is 1. The summed E-state index contributed by atoms with van der Waals surface area (Å²) >= 11 is 12.0. The van der Waals surface area contributed by atoms with Gasteiger partial charge in [0.2, 0.25) is 5.91 Å². The fraction of sp³-hybridized carbons (Fsp3) is 0.188. The molecule has 0 aromatic heterocycles. The molecule has 2 aromatic rings. The van der Waals surface area contributed by atoms with Crippen LogP contribution in [0.25, 0.3) is 0 Å². The van der Waals surface area contributed by atoms with Gasteiger partial charge in [-0.3, -0.25) is 4.79 Å². The Labute approximate surface area is 133 Å². The Morgan fingerprint density at radius 2 is 1.86 bits per heavy atom. The van der Waals surface area contributed by atoms with Gasteiger partial charge in [0.1, 0.15) is 0 Å². The summed E-state index contributed by atoms with van der Waals surface area (Å²) in [5.41, 5.74) is 2.98. The Bertz CT molecular complexity index is 688. The SMILES string of the molecule is O=C(Nc1cccc(Cl)c1Cl)[C@@H]1Cc2ccccc2CN1. The van der Waals surface area contributed by atoms with E-state index in [9.17, 15) is 4.79 Å². The lowest BCUT2D eigenvalue weighted by molar-refractivity contribution is -0.118. The first-order valence-corrected chi connectivity index (χ1v) is 7.46. The number of benzene rings is 2. The molecule has 0 saturated heterocycles. The molecule has 21 heavy (non-hydrogen) atoms. The average Bonchev–Trinajstić information content (AvgIpc) is 2.51. The maximum Gasteiger partial charge on any atom is 0.241 e. The number of hydrogen-bond acceptors (Lipinski definition) is 2. The van der Waals surface area contributed by atoms with Gasteiger partial charge < -0.3 is 10.6 Å². The molecular weight excluding hydrogens is 307 g/mol. The fourth-order valence-electron chi connectivity index (χ4n) is 2.46. The highest BCUT2D eigenvalue weighted by Gasteiger charge is 2.24. The van der Waals surface area contributed by atoms with Crippen LogP contribution in [0.4, 0.5) is 5.69 Å². The number of anilines is 1. The lowest BCUT2D eigenvalue weighted by atomic mass is 9.95. The third kappa shape index (κ3) is 3.05. The van der Waals surface area contributed by atoms with Crippen molar-refractivity contribution in [2.75, 3.05) is 5.32 Å².